The van der Waals surface area contributed by atoms with Crippen LogP contribution in [0.5, 0.6) is 0 Å². The van der Waals surface area contributed by atoms with E-state index in [9.17, 15) is 4.79 Å². The van der Waals surface area contributed by atoms with E-state index < -0.39 is 6.10 Å². The van der Waals surface area contributed by atoms with Crippen LogP contribution >= 0.6 is 11.6 Å². The number of nitriles is 1. The standard InChI is InChI=1S/C17H14ClN3O2/c18-15-5-4-12(16-3-1-2-6-20-16)9-14(15)17(22)21-7-8-23-13(10-19)11-21/h1-6,9,13H,7-8,11H2. The average Bonchev–Trinajstić information content (AvgIpc) is 2.62. The maximum Gasteiger partial charge on any atom is 0.255 e. The van der Waals surface area contributed by atoms with Crippen molar-refractivity contribution >= 4 is 17.5 Å². The molecule has 3 rings (SSSR count). The van der Waals surface area contributed by atoms with Gasteiger partial charge in [-0.3, -0.25) is 9.78 Å². The molecule has 1 amide bonds. The summed E-state index contributed by atoms with van der Waals surface area (Å²) in [5, 5.41) is 9.35. The van der Waals surface area contributed by atoms with Crippen LogP contribution in [0.25, 0.3) is 11.3 Å². The number of nitrogens with zero attached hydrogens (tertiary/aromatic N) is 3. The van der Waals surface area contributed by atoms with Gasteiger partial charge in [0.15, 0.2) is 6.10 Å². The zero-order valence-electron chi connectivity index (χ0n) is 12.3. The van der Waals surface area contributed by atoms with E-state index in [-0.39, 0.29) is 12.5 Å². The SMILES string of the molecule is N#CC1CN(C(=O)c2cc(-c3ccccn3)ccc2Cl)CCO1. The smallest absolute Gasteiger partial charge is 0.255 e. The van der Waals surface area contributed by atoms with Crippen molar-refractivity contribution in [2.24, 2.45) is 0 Å². The Bertz CT molecular complexity index is 758. The van der Waals surface area contributed by atoms with Gasteiger partial charge in [-0.25, -0.2) is 0 Å². The highest BCUT2D eigenvalue weighted by Gasteiger charge is 2.26. The van der Waals surface area contributed by atoms with E-state index in [1.54, 1.807) is 23.2 Å². The molecular weight excluding hydrogens is 314 g/mol. The van der Waals surface area contributed by atoms with Gasteiger partial charge in [0.2, 0.25) is 0 Å². The number of rotatable bonds is 2. The minimum Gasteiger partial charge on any atom is -0.360 e. The van der Waals surface area contributed by atoms with Crippen molar-refractivity contribution in [2.75, 3.05) is 19.7 Å². The molecule has 23 heavy (non-hydrogen) atoms. The first kappa shape index (κ1) is 15.5. The molecule has 6 heteroatoms. The Labute approximate surface area is 139 Å². The van der Waals surface area contributed by atoms with Crippen molar-refractivity contribution in [1.29, 1.82) is 5.26 Å². The van der Waals surface area contributed by atoms with Gasteiger partial charge in [0.1, 0.15) is 0 Å². The number of hydrogen-bond donors (Lipinski definition) is 0. The molecule has 0 spiro atoms. The third-order valence-electron chi connectivity index (χ3n) is 3.66. The summed E-state index contributed by atoms with van der Waals surface area (Å²) in [6.07, 6.45) is 1.11. The first-order valence-electron chi connectivity index (χ1n) is 7.20. The molecule has 116 valence electrons. The summed E-state index contributed by atoms with van der Waals surface area (Å²) < 4.78 is 5.27. The number of carbonyl (C=O) groups is 1. The Balaban J connectivity index is 1.90. The number of morpholine rings is 1. The molecular formula is C17H14ClN3O2. The molecule has 5 nitrogen and oxygen atoms in total. The molecule has 1 aliphatic rings. The number of pyridine rings is 1. The van der Waals surface area contributed by atoms with Gasteiger partial charge in [0, 0.05) is 18.3 Å². The van der Waals surface area contributed by atoms with Gasteiger partial charge in [-0.1, -0.05) is 23.7 Å². The zero-order chi connectivity index (χ0) is 16.2. The predicted molar refractivity (Wildman–Crippen MR) is 85.9 cm³/mol. The van der Waals surface area contributed by atoms with Crippen molar-refractivity contribution in [3.8, 4) is 17.3 Å². The van der Waals surface area contributed by atoms with E-state index in [2.05, 4.69) is 4.98 Å². The van der Waals surface area contributed by atoms with E-state index in [4.69, 9.17) is 21.6 Å². The van der Waals surface area contributed by atoms with Crippen LogP contribution in [0.15, 0.2) is 42.6 Å². The van der Waals surface area contributed by atoms with E-state index >= 15 is 0 Å². The highest BCUT2D eigenvalue weighted by molar-refractivity contribution is 6.34. The average molecular weight is 328 g/mol. The molecule has 0 N–H and O–H groups in total. The van der Waals surface area contributed by atoms with Crippen LogP contribution in [0, 0.1) is 11.3 Å². The first-order chi connectivity index (χ1) is 11.2. The summed E-state index contributed by atoms with van der Waals surface area (Å²) in [6, 6.07) is 12.9. The molecule has 1 unspecified atom stereocenters. The summed E-state index contributed by atoms with van der Waals surface area (Å²) in [4.78, 5) is 18.6. The van der Waals surface area contributed by atoms with E-state index in [0.29, 0.717) is 23.7 Å². The summed E-state index contributed by atoms with van der Waals surface area (Å²) in [7, 11) is 0. The fourth-order valence-corrected chi connectivity index (χ4v) is 2.66. The number of benzene rings is 1. The molecule has 0 aliphatic carbocycles. The molecule has 2 heterocycles. The zero-order valence-corrected chi connectivity index (χ0v) is 13.0. The highest BCUT2D eigenvalue weighted by atomic mass is 35.5. The molecule has 1 aliphatic heterocycles. The minimum atomic E-state index is -0.592. The summed E-state index contributed by atoms with van der Waals surface area (Å²) in [5.41, 5.74) is 2.01. The molecule has 0 radical (unpaired) electrons. The molecule has 0 saturated carbocycles. The summed E-state index contributed by atoms with van der Waals surface area (Å²) >= 11 is 6.20. The van der Waals surface area contributed by atoms with Crippen molar-refractivity contribution in [3.63, 3.8) is 0 Å². The van der Waals surface area contributed by atoms with Crippen molar-refractivity contribution in [2.45, 2.75) is 6.10 Å². The predicted octanol–water partition coefficient (Wildman–Crippen LogP) is 2.77. The molecule has 1 aromatic heterocycles. The van der Waals surface area contributed by atoms with E-state index in [1.807, 2.05) is 30.3 Å². The monoisotopic (exact) mass is 327 g/mol. The van der Waals surface area contributed by atoms with Gasteiger partial charge in [-0.05, 0) is 24.3 Å². The molecule has 1 atom stereocenters. The van der Waals surface area contributed by atoms with E-state index in [1.165, 1.54) is 0 Å². The van der Waals surface area contributed by atoms with Gasteiger partial charge >= 0.3 is 0 Å². The van der Waals surface area contributed by atoms with Crippen LogP contribution in [0.2, 0.25) is 5.02 Å². The van der Waals surface area contributed by atoms with E-state index in [0.717, 1.165) is 11.3 Å². The second kappa shape index (κ2) is 6.78. The number of aromatic nitrogens is 1. The lowest BCUT2D eigenvalue weighted by atomic mass is 10.1. The first-order valence-corrected chi connectivity index (χ1v) is 7.58. The Hall–Kier alpha value is -2.42. The molecule has 1 fully saturated rings. The van der Waals surface area contributed by atoms with Gasteiger partial charge in [0.25, 0.3) is 5.91 Å². The lowest BCUT2D eigenvalue weighted by molar-refractivity contribution is 0.00348. The topological polar surface area (TPSA) is 66.2 Å². The van der Waals surface area contributed by atoms with Crippen LogP contribution < -0.4 is 0 Å². The second-order valence-electron chi connectivity index (χ2n) is 5.15. The van der Waals surface area contributed by atoms with Crippen LogP contribution in [0.4, 0.5) is 0 Å². The fraction of sp³-hybridized carbons (Fsp3) is 0.235. The number of ether oxygens (including phenoxy) is 1. The maximum absolute atomic E-state index is 12.7. The number of amides is 1. The third kappa shape index (κ3) is 3.34. The lowest BCUT2D eigenvalue weighted by Gasteiger charge is -2.30. The van der Waals surface area contributed by atoms with Gasteiger partial charge in [-0.15, -0.1) is 0 Å². The molecule has 2 aromatic rings. The summed E-state index contributed by atoms with van der Waals surface area (Å²) in [5.74, 6) is -0.198. The maximum atomic E-state index is 12.7. The Morgan fingerprint density at radius 1 is 1.39 bits per heavy atom. The normalized spacial score (nSPS) is 17.6. The Morgan fingerprint density at radius 2 is 2.26 bits per heavy atom. The van der Waals surface area contributed by atoms with Gasteiger partial charge in [0.05, 0.1) is 35.5 Å². The van der Waals surface area contributed by atoms with Crippen LogP contribution in [-0.2, 0) is 4.74 Å². The second-order valence-corrected chi connectivity index (χ2v) is 5.56. The highest BCUT2D eigenvalue weighted by Crippen LogP contribution is 2.25. The lowest BCUT2D eigenvalue weighted by Crippen LogP contribution is -2.45. The van der Waals surface area contributed by atoms with Crippen LogP contribution in [0.3, 0.4) is 0 Å². The third-order valence-corrected chi connectivity index (χ3v) is 3.98. The summed E-state index contributed by atoms with van der Waals surface area (Å²) in [6.45, 7) is 1.04. The number of carbonyl (C=O) groups excluding carboxylic acids is 1. The molecule has 1 aromatic carbocycles. The van der Waals surface area contributed by atoms with Crippen LogP contribution in [-0.4, -0.2) is 41.6 Å². The Kier molecular flexibility index (Phi) is 4.56. The molecule has 1 saturated heterocycles. The largest absolute Gasteiger partial charge is 0.360 e. The van der Waals surface area contributed by atoms with Crippen molar-refractivity contribution < 1.29 is 9.53 Å². The number of halogens is 1. The molecule has 0 bridgehead atoms. The van der Waals surface area contributed by atoms with Crippen molar-refractivity contribution in [3.05, 3.63) is 53.2 Å². The fourth-order valence-electron chi connectivity index (χ4n) is 2.46. The van der Waals surface area contributed by atoms with Crippen molar-refractivity contribution in [1.82, 2.24) is 9.88 Å². The minimum absolute atomic E-state index is 0.198. The quantitative estimate of drug-likeness (QED) is 0.850. The number of hydrogen-bond acceptors (Lipinski definition) is 4. The van der Waals surface area contributed by atoms with Gasteiger partial charge < -0.3 is 9.64 Å². The van der Waals surface area contributed by atoms with Gasteiger partial charge in [-0.2, -0.15) is 5.26 Å². The Morgan fingerprint density at radius 3 is 3.00 bits per heavy atom. The van der Waals surface area contributed by atoms with Crippen LogP contribution in [0.1, 0.15) is 10.4 Å².